The van der Waals surface area contributed by atoms with Crippen molar-refractivity contribution in [1.29, 1.82) is 0 Å². The molecule has 0 saturated carbocycles. The molecule has 3 fully saturated rings. The molecule has 200 valence electrons. The van der Waals surface area contributed by atoms with E-state index in [-0.39, 0.29) is 36.2 Å². The van der Waals surface area contributed by atoms with E-state index in [4.69, 9.17) is 4.74 Å². The van der Waals surface area contributed by atoms with Crippen molar-refractivity contribution >= 4 is 35.2 Å². The number of rotatable bonds is 12. The van der Waals surface area contributed by atoms with Crippen molar-refractivity contribution < 1.29 is 24.2 Å². The van der Waals surface area contributed by atoms with Gasteiger partial charge in [0.05, 0.1) is 23.2 Å². The average molecular weight is 527 g/mol. The zero-order chi connectivity index (χ0) is 26.7. The van der Waals surface area contributed by atoms with E-state index >= 15 is 0 Å². The monoisotopic (exact) mass is 526 g/mol. The van der Waals surface area contributed by atoms with Gasteiger partial charge in [0.15, 0.2) is 0 Å². The van der Waals surface area contributed by atoms with Crippen molar-refractivity contribution in [3.05, 3.63) is 54.6 Å². The van der Waals surface area contributed by atoms with Crippen LogP contribution in [0.25, 0.3) is 0 Å². The molecule has 3 saturated heterocycles. The van der Waals surface area contributed by atoms with Crippen LogP contribution in [-0.4, -0.2) is 70.1 Å². The second kappa shape index (κ2) is 11.4. The summed E-state index contributed by atoms with van der Waals surface area (Å²) in [6, 6.07) is 5.20. The lowest BCUT2D eigenvalue weighted by Crippen LogP contribution is -2.55. The lowest BCUT2D eigenvalue weighted by Gasteiger charge is -2.38. The third-order valence-electron chi connectivity index (χ3n) is 7.95. The maximum absolute atomic E-state index is 14.5. The highest BCUT2D eigenvalue weighted by Crippen LogP contribution is 2.66. The molecule has 1 aromatic rings. The maximum atomic E-state index is 14.5. The number of amides is 2. The third kappa shape index (κ3) is 4.74. The molecule has 1 aromatic carbocycles. The number of aliphatic hydroxyl groups excluding tert-OH is 1. The largest absolute Gasteiger partial charge is 0.465 e. The SMILES string of the molecule is C=CCCCOC(=O)[C@@H]1[C@@H]2CCC3(S2)C(C(=O)N(CC=C)c2c(C)cccc2C)N(CCCO)C(=O)[C@H]13. The van der Waals surface area contributed by atoms with Crippen LogP contribution in [0, 0.1) is 25.7 Å². The highest BCUT2D eigenvalue weighted by molar-refractivity contribution is 8.02. The number of ether oxygens (including phenoxy) is 1. The van der Waals surface area contributed by atoms with Crippen LogP contribution in [0.4, 0.5) is 5.69 Å². The quantitative estimate of drug-likeness (QED) is 0.253. The number of hydrogen-bond acceptors (Lipinski definition) is 6. The molecule has 2 bridgehead atoms. The van der Waals surface area contributed by atoms with E-state index in [1.807, 2.05) is 32.0 Å². The number of benzene rings is 1. The molecule has 1 spiro atoms. The highest BCUT2D eigenvalue weighted by atomic mass is 32.2. The Labute approximate surface area is 223 Å². The van der Waals surface area contributed by atoms with Crippen molar-refractivity contribution in [1.82, 2.24) is 4.90 Å². The number of allylic oxidation sites excluding steroid dienone is 1. The average Bonchev–Trinajstić information content (AvgIpc) is 3.51. The summed E-state index contributed by atoms with van der Waals surface area (Å²) < 4.78 is 4.93. The molecule has 8 heteroatoms. The van der Waals surface area contributed by atoms with Crippen molar-refractivity contribution in [2.75, 3.05) is 31.2 Å². The van der Waals surface area contributed by atoms with Gasteiger partial charge in [0.1, 0.15) is 6.04 Å². The first-order valence-electron chi connectivity index (χ1n) is 13.2. The van der Waals surface area contributed by atoms with E-state index in [1.165, 1.54) is 0 Å². The zero-order valence-electron chi connectivity index (χ0n) is 21.9. The molecule has 5 atom stereocenters. The molecule has 3 aliphatic heterocycles. The fourth-order valence-corrected chi connectivity index (χ4v) is 8.68. The Morgan fingerprint density at radius 2 is 1.97 bits per heavy atom. The van der Waals surface area contributed by atoms with Gasteiger partial charge in [0.2, 0.25) is 5.91 Å². The predicted molar refractivity (Wildman–Crippen MR) is 146 cm³/mol. The molecule has 37 heavy (non-hydrogen) atoms. The standard InChI is InChI=1S/C29H38N2O5S/c1-5-7-8-18-36-28(35)22-21-13-14-29(37-21)23(22)26(33)31(16-10-17-32)25(29)27(34)30(15-6-2)24-19(3)11-9-12-20(24)4/h5-6,9,11-12,21-23,25,32H,1-2,7-8,10,13-18H2,3-4H3/t21-,22+,23-,25?,29?/m0/s1. The number of fused-ring (bicyclic) bond motifs is 1. The number of hydrogen-bond donors (Lipinski definition) is 1. The molecular formula is C29H38N2O5S. The van der Waals surface area contributed by atoms with Crippen molar-refractivity contribution in [2.24, 2.45) is 11.8 Å². The summed E-state index contributed by atoms with van der Waals surface area (Å²) in [7, 11) is 0. The van der Waals surface area contributed by atoms with Gasteiger partial charge in [-0.3, -0.25) is 14.4 Å². The summed E-state index contributed by atoms with van der Waals surface area (Å²) in [5.41, 5.74) is 2.78. The Balaban J connectivity index is 1.71. The number of anilines is 1. The van der Waals surface area contributed by atoms with E-state index in [1.54, 1.807) is 33.7 Å². The fraction of sp³-hybridized carbons (Fsp3) is 0.552. The lowest BCUT2D eigenvalue weighted by atomic mass is 9.71. The summed E-state index contributed by atoms with van der Waals surface area (Å²) in [6.07, 6.45) is 6.77. The minimum absolute atomic E-state index is 0.0378. The maximum Gasteiger partial charge on any atom is 0.310 e. The van der Waals surface area contributed by atoms with Crippen LogP contribution in [0.5, 0.6) is 0 Å². The molecule has 0 aliphatic carbocycles. The number of aliphatic hydroxyl groups is 1. The van der Waals surface area contributed by atoms with E-state index in [9.17, 15) is 19.5 Å². The molecule has 4 rings (SSSR count). The van der Waals surface area contributed by atoms with Gasteiger partial charge in [-0.15, -0.1) is 24.9 Å². The van der Waals surface area contributed by atoms with Crippen molar-refractivity contribution in [3.8, 4) is 0 Å². The summed E-state index contributed by atoms with van der Waals surface area (Å²) >= 11 is 1.63. The first-order valence-corrected chi connectivity index (χ1v) is 14.1. The summed E-state index contributed by atoms with van der Waals surface area (Å²) in [5, 5.41) is 9.52. The number of esters is 1. The van der Waals surface area contributed by atoms with Crippen molar-refractivity contribution in [3.63, 3.8) is 0 Å². The van der Waals surface area contributed by atoms with Gasteiger partial charge in [0.25, 0.3) is 5.91 Å². The van der Waals surface area contributed by atoms with E-state index in [0.29, 0.717) is 32.4 Å². The van der Waals surface area contributed by atoms with Crippen LogP contribution in [0.15, 0.2) is 43.5 Å². The van der Waals surface area contributed by atoms with Crippen LogP contribution < -0.4 is 4.90 Å². The van der Waals surface area contributed by atoms with Crippen LogP contribution >= 0.6 is 11.8 Å². The highest BCUT2D eigenvalue weighted by Gasteiger charge is 2.74. The molecule has 0 radical (unpaired) electrons. The molecule has 2 amide bonds. The number of likely N-dealkylation sites (tertiary alicyclic amines) is 1. The second-order valence-corrected chi connectivity index (χ2v) is 11.8. The number of carbonyl (C=O) groups is 3. The molecule has 3 aliphatic rings. The number of carbonyl (C=O) groups excluding carboxylic acids is 3. The minimum atomic E-state index is -0.718. The molecule has 1 N–H and O–H groups in total. The van der Waals surface area contributed by atoms with Gasteiger partial charge in [-0.1, -0.05) is 30.4 Å². The van der Waals surface area contributed by atoms with Crippen LogP contribution in [0.2, 0.25) is 0 Å². The summed E-state index contributed by atoms with van der Waals surface area (Å²) in [5.74, 6) is -1.82. The topological polar surface area (TPSA) is 87.2 Å². The Hall–Kier alpha value is -2.58. The second-order valence-electron chi connectivity index (χ2n) is 10.2. The Bertz CT molecular complexity index is 1050. The first-order chi connectivity index (χ1) is 17.8. The summed E-state index contributed by atoms with van der Waals surface area (Å²) in [4.78, 5) is 45.1. The molecule has 2 unspecified atom stereocenters. The zero-order valence-corrected chi connectivity index (χ0v) is 22.7. The number of para-hydroxylation sites is 1. The first kappa shape index (κ1) is 27.5. The Kier molecular flexibility index (Phi) is 8.49. The van der Waals surface area contributed by atoms with Crippen molar-refractivity contribution in [2.45, 2.75) is 62.0 Å². The number of aryl methyl sites for hydroxylation is 2. The Morgan fingerprint density at radius 1 is 1.24 bits per heavy atom. The van der Waals surface area contributed by atoms with E-state index < -0.39 is 22.6 Å². The van der Waals surface area contributed by atoms with E-state index in [2.05, 4.69) is 13.2 Å². The van der Waals surface area contributed by atoms with Gasteiger partial charge < -0.3 is 19.6 Å². The van der Waals surface area contributed by atoms with Crippen LogP contribution in [0.3, 0.4) is 0 Å². The minimum Gasteiger partial charge on any atom is -0.465 e. The van der Waals surface area contributed by atoms with E-state index in [0.717, 1.165) is 29.7 Å². The van der Waals surface area contributed by atoms with Gasteiger partial charge in [-0.2, -0.15) is 0 Å². The summed E-state index contributed by atoms with van der Waals surface area (Å²) in [6.45, 7) is 12.3. The van der Waals surface area contributed by atoms with Gasteiger partial charge in [0, 0.05) is 30.6 Å². The van der Waals surface area contributed by atoms with Gasteiger partial charge in [-0.25, -0.2) is 0 Å². The molecule has 0 aromatic heterocycles. The number of thioether (sulfide) groups is 1. The van der Waals surface area contributed by atoms with Gasteiger partial charge in [-0.05, 0) is 57.1 Å². The fourth-order valence-electron chi connectivity index (χ4n) is 6.48. The molecule has 7 nitrogen and oxygen atoms in total. The number of unbranched alkanes of at least 4 members (excludes halogenated alkanes) is 1. The smallest absolute Gasteiger partial charge is 0.310 e. The normalized spacial score (nSPS) is 27.8. The molecular weight excluding hydrogens is 488 g/mol. The predicted octanol–water partition coefficient (Wildman–Crippen LogP) is 3.81. The molecule has 3 heterocycles. The van der Waals surface area contributed by atoms with Gasteiger partial charge >= 0.3 is 5.97 Å². The Morgan fingerprint density at radius 3 is 2.62 bits per heavy atom. The third-order valence-corrected chi connectivity index (χ3v) is 9.90. The van der Waals surface area contributed by atoms with Crippen LogP contribution in [0.1, 0.15) is 43.2 Å². The number of nitrogens with zero attached hydrogens (tertiary/aromatic N) is 2. The lowest BCUT2D eigenvalue weighted by molar-refractivity contribution is -0.154. The van der Waals surface area contributed by atoms with Crippen LogP contribution in [-0.2, 0) is 19.1 Å².